The number of nitro benzene ring substituents is 1. The van der Waals surface area contributed by atoms with Gasteiger partial charge in [-0.15, -0.1) is 0 Å². The molecule has 0 radical (unpaired) electrons. The Balaban J connectivity index is 1.66. The molecule has 3 aromatic rings. The van der Waals surface area contributed by atoms with Crippen LogP contribution in [0.2, 0.25) is 0 Å². The molecule has 0 heterocycles. The fourth-order valence-electron chi connectivity index (χ4n) is 3.07. The molecule has 0 amide bonds. The number of sulfonamides is 1. The van der Waals surface area contributed by atoms with E-state index in [-0.39, 0.29) is 11.4 Å². The molecule has 3 aromatic carbocycles. The first-order valence-corrected chi connectivity index (χ1v) is 10.8. The molecule has 0 bridgehead atoms. The zero-order chi connectivity index (χ0) is 21.6. The number of benzene rings is 3. The van der Waals surface area contributed by atoms with Gasteiger partial charge in [0, 0.05) is 12.6 Å². The molecule has 0 aliphatic heterocycles. The van der Waals surface area contributed by atoms with E-state index in [1.807, 2.05) is 48.5 Å². The molecule has 156 valence electrons. The molecule has 30 heavy (non-hydrogen) atoms. The summed E-state index contributed by atoms with van der Waals surface area (Å²) in [5, 5.41) is 11.2. The molecule has 0 saturated carbocycles. The van der Waals surface area contributed by atoms with Crippen LogP contribution in [0.1, 0.15) is 22.3 Å². The Morgan fingerprint density at radius 3 is 2.27 bits per heavy atom. The van der Waals surface area contributed by atoms with E-state index in [1.54, 1.807) is 6.07 Å². The third-order valence-corrected chi connectivity index (χ3v) is 6.09. The highest BCUT2D eigenvalue weighted by Crippen LogP contribution is 2.26. The third-order valence-electron chi connectivity index (χ3n) is 4.49. The Hall–Kier alpha value is -3.07. The SMILES string of the molecule is Cc1cccc([N+](=O)[O-])c1S(=O)(=O)NCc1cccc(COCc2ccccc2)c1. The molecule has 1 N–H and O–H groups in total. The average Bonchev–Trinajstić information content (AvgIpc) is 2.73. The molecule has 0 aromatic heterocycles. The van der Waals surface area contributed by atoms with Crippen LogP contribution in [0.4, 0.5) is 5.69 Å². The first-order chi connectivity index (χ1) is 14.4. The summed E-state index contributed by atoms with van der Waals surface area (Å²) in [6.07, 6.45) is 0. The first kappa shape index (κ1) is 21.6. The van der Waals surface area contributed by atoms with E-state index >= 15 is 0 Å². The lowest BCUT2D eigenvalue weighted by molar-refractivity contribution is -0.387. The van der Waals surface area contributed by atoms with E-state index < -0.39 is 20.6 Å². The van der Waals surface area contributed by atoms with Crippen molar-refractivity contribution in [3.8, 4) is 0 Å². The smallest absolute Gasteiger partial charge is 0.289 e. The van der Waals surface area contributed by atoms with Gasteiger partial charge in [0.25, 0.3) is 5.69 Å². The van der Waals surface area contributed by atoms with Crippen LogP contribution in [0.15, 0.2) is 77.7 Å². The number of ether oxygens (including phenoxy) is 1. The van der Waals surface area contributed by atoms with Crippen molar-refractivity contribution in [1.82, 2.24) is 4.72 Å². The van der Waals surface area contributed by atoms with Crippen molar-refractivity contribution in [2.75, 3.05) is 0 Å². The molecule has 0 saturated heterocycles. The number of nitrogens with zero attached hydrogens (tertiary/aromatic N) is 1. The van der Waals surface area contributed by atoms with Crippen molar-refractivity contribution < 1.29 is 18.1 Å². The van der Waals surface area contributed by atoms with Crippen LogP contribution in [-0.2, 0) is 34.5 Å². The first-order valence-electron chi connectivity index (χ1n) is 9.30. The van der Waals surface area contributed by atoms with Crippen molar-refractivity contribution >= 4 is 15.7 Å². The minimum absolute atomic E-state index is 0.0142. The van der Waals surface area contributed by atoms with E-state index in [0.29, 0.717) is 18.8 Å². The van der Waals surface area contributed by atoms with E-state index in [2.05, 4.69) is 4.72 Å². The molecular weight excluding hydrogens is 404 g/mol. The molecule has 0 fully saturated rings. The largest absolute Gasteiger partial charge is 0.372 e. The van der Waals surface area contributed by atoms with Gasteiger partial charge >= 0.3 is 0 Å². The fraction of sp³-hybridized carbons (Fsp3) is 0.182. The number of nitro groups is 1. The maximum atomic E-state index is 12.7. The molecule has 0 aliphatic carbocycles. The van der Waals surface area contributed by atoms with Gasteiger partial charge < -0.3 is 4.74 Å². The van der Waals surface area contributed by atoms with Crippen LogP contribution < -0.4 is 4.72 Å². The minimum Gasteiger partial charge on any atom is -0.372 e. The van der Waals surface area contributed by atoms with Crippen LogP contribution >= 0.6 is 0 Å². The van der Waals surface area contributed by atoms with Crippen molar-refractivity contribution in [2.45, 2.75) is 31.6 Å². The van der Waals surface area contributed by atoms with Crippen molar-refractivity contribution in [3.05, 3.63) is 105 Å². The quantitative estimate of drug-likeness (QED) is 0.410. The van der Waals surface area contributed by atoms with Gasteiger partial charge in [-0.2, -0.15) is 0 Å². The van der Waals surface area contributed by atoms with Crippen LogP contribution in [0, 0.1) is 17.0 Å². The summed E-state index contributed by atoms with van der Waals surface area (Å²) in [6.45, 7) is 2.42. The lowest BCUT2D eigenvalue weighted by Crippen LogP contribution is -2.25. The summed E-state index contributed by atoms with van der Waals surface area (Å²) >= 11 is 0. The molecule has 3 rings (SSSR count). The Bertz CT molecular complexity index is 1130. The van der Waals surface area contributed by atoms with Gasteiger partial charge in [0.2, 0.25) is 10.0 Å². The lowest BCUT2D eigenvalue weighted by atomic mass is 10.1. The van der Waals surface area contributed by atoms with Gasteiger partial charge in [-0.1, -0.05) is 66.7 Å². The van der Waals surface area contributed by atoms with Crippen LogP contribution in [0.25, 0.3) is 0 Å². The topological polar surface area (TPSA) is 98.5 Å². The van der Waals surface area contributed by atoms with Gasteiger partial charge in [-0.25, -0.2) is 13.1 Å². The number of nitrogens with one attached hydrogen (secondary N) is 1. The summed E-state index contributed by atoms with van der Waals surface area (Å²) in [7, 11) is -4.05. The van der Waals surface area contributed by atoms with Crippen molar-refractivity contribution in [2.24, 2.45) is 0 Å². The summed E-state index contributed by atoms with van der Waals surface area (Å²) in [4.78, 5) is 10.2. The third kappa shape index (κ3) is 5.50. The minimum atomic E-state index is -4.05. The summed E-state index contributed by atoms with van der Waals surface area (Å²) in [5.41, 5.74) is 2.59. The molecule has 0 atom stereocenters. The Morgan fingerprint density at radius 2 is 1.53 bits per heavy atom. The predicted molar refractivity (Wildman–Crippen MR) is 113 cm³/mol. The molecule has 8 heteroatoms. The molecule has 7 nitrogen and oxygen atoms in total. The van der Waals surface area contributed by atoms with Gasteiger partial charge in [0.05, 0.1) is 18.1 Å². The number of hydrogen-bond acceptors (Lipinski definition) is 5. The maximum absolute atomic E-state index is 12.7. The zero-order valence-corrected chi connectivity index (χ0v) is 17.3. The van der Waals surface area contributed by atoms with Crippen LogP contribution in [0.5, 0.6) is 0 Å². The van der Waals surface area contributed by atoms with Crippen molar-refractivity contribution in [1.29, 1.82) is 0 Å². The second-order valence-electron chi connectivity index (χ2n) is 6.80. The molecular formula is C22H22N2O5S. The van der Waals surface area contributed by atoms with E-state index in [4.69, 9.17) is 4.74 Å². The standard InChI is InChI=1S/C22H22N2O5S/c1-17-7-5-12-21(24(25)26)22(17)30(27,28)23-14-19-10-6-11-20(13-19)16-29-15-18-8-3-2-4-9-18/h2-13,23H,14-16H2,1H3. The van der Waals surface area contributed by atoms with E-state index in [0.717, 1.165) is 16.7 Å². The van der Waals surface area contributed by atoms with Crippen molar-refractivity contribution in [3.63, 3.8) is 0 Å². The molecule has 0 unspecified atom stereocenters. The molecule has 0 spiro atoms. The van der Waals surface area contributed by atoms with E-state index in [1.165, 1.54) is 25.1 Å². The highest BCUT2D eigenvalue weighted by Gasteiger charge is 2.27. The Labute approximate surface area is 175 Å². The predicted octanol–water partition coefficient (Wildman–Crippen LogP) is 4.10. The number of aryl methyl sites for hydroxylation is 1. The summed E-state index contributed by atoms with van der Waals surface area (Å²) in [5.74, 6) is 0. The highest BCUT2D eigenvalue weighted by atomic mass is 32.2. The lowest BCUT2D eigenvalue weighted by Gasteiger charge is -2.11. The fourth-order valence-corrected chi connectivity index (χ4v) is 4.48. The normalized spacial score (nSPS) is 11.4. The zero-order valence-electron chi connectivity index (χ0n) is 16.4. The Kier molecular flexibility index (Phi) is 6.94. The monoisotopic (exact) mass is 426 g/mol. The van der Waals surface area contributed by atoms with Crippen LogP contribution in [-0.4, -0.2) is 13.3 Å². The summed E-state index contributed by atoms with van der Waals surface area (Å²) < 4.78 is 33.6. The highest BCUT2D eigenvalue weighted by molar-refractivity contribution is 7.89. The number of hydrogen-bond donors (Lipinski definition) is 1. The number of rotatable bonds is 9. The van der Waals surface area contributed by atoms with E-state index in [9.17, 15) is 18.5 Å². The van der Waals surface area contributed by atoms with Gasteiger partial charge in [0.15, 0.2) is 4.90 Å². The second kappa shape index (κ2) is 9.62. The van der Waals surface area contributed by atoms with Gasteiger partial charge in [-0.3, -0.25) is 10.1 Å². The Morgan fingerprint density at radius 1 is 0.900 bits per heavy atom. The van der Waals surface area contributed by atoms with Gasteiger partial charge in [0.1, 0.15) is 0 Å². The van der Waals surface area contributed by atoms with Crippen LogP contribution in [0.3, 0.4) is 0 Å². The summed E-state index contributed by atoms with van der Waals surface area (Å²) in [6, 6.07) is 21.3. The maximum Gasteiger partial charge on any atom is 0.289 e. The average molecular weight is 426 g/mol. The molecule has 0 aliphatic rings. The van der Waals surface area contributed by atoms with Gasteiger partial charge in [-0.05, 0) is 29.2 Å². The second-order valence-corrected chi connectivity index (χ2v) is 8.51.